The van der Waals surface area contributed by atoms with E-state index < -0.39 is 0 Å². The zero-order valence-corrected chi connectivity index (χ0v) is 25.1. The van der Waals surface area contributed by atoms with E-state index in [1.165, 1.54) is 19.3 Å². The van der Waals surface area contributed by atoms with Gasteiger partial charge in [0.25, 0.3) is 6.47 Å². The highest BCUT2D eigenvalue weighted by Crippen LogP contribution is 2.38. The van der Waals surface area contributed by atoms with Crippen LogP contribution >= 0.6 is 11.6 Å². The predicted octanol–water partition coefficient (Wildman–Crippen LogP) is 6.36. The van der Waals surface area contributed by atoms with E-state index in [0.717, 1.165) is 64.7 Å². The van der Waals surface area contributed by atoms with E-state index in [1.54, 1.807) is 0 Å². The van der Waals surface area contributed by atoms with Gasteiger partial charge in [-0.15, -0.1) is 0 Å². The number of likely N-dealkylation sites (tertiary alicyclic amines) is 1. The first kappa shape index (κ1) is 31.5. The first-order chi connectivity index (χ1) is 20.4. The van der Waals surface area contributed by atoms with Crippen molar-refractivity contribution in [3.8, 4) is 34.1 Å². The third kappa shape index (κ3) is 8.31. The van der Waals surface area contributed by atoms with Gasteiger partial charge >= 0.3 is 0 Å². The lowest BCUT2D eigenvalue weighted by molar-refractivity contribution is -0.122. The number of carbonyl (C=O) groups is 1. The molecule has 3 aromatic carbocycles. The molecule has 3 aromatic rings. The molecule has 2 aliphatic rings. The molecule has 0 saturated carbocycles. The van der Waals surface area contributed by atoms with E-state index in [9.17, 15) is 5.11 Å². The van der Waals surface area contributed by atoms with E-state index in [0.29, 0.717) is 37.2 Å². The van der Waals surface area contributed by atoms with Crippen molar-refractivity contribution in [1.29, 1.82) is 0 Å². The Bertz CT molecular complexity index is 1330. The Labute approximate surface area is 252 Å². The number of hydrogen-bond acceptors (Lipinski definition) is 7. The summed E-state index contributed by atoms with van der Waals surface area (Å²) in [5.74, 6) is 2.96. The fourth-order valence-electron chi connectivity index (χ4n) is 5.11. The van der Waals surface area contributed by atoms with Crippen molar-refractivity contribution in [1.82, 2.24) is 4.90 Å². The van der Waals surface area contributed by atoms with Gasteiger partial charge in [0.15, 0.2) is 11.5 Å². The number of nitrogens with zero attached hydrogens (tertiary/aromatic N) is 1. The van der Waals surface area contributed by atoms with Crippen LogP contribution in [0.25, 0.3) is 11.1 Å². The molecule has 0 aromatic heterocycles. The van der Waals surface area contributed by atoms with Gasteiger partial charge in [-0.3, -0.25) is 9.69 Å². The van der Waals surface area contributed by atoms with Gasteiger partial charge in [0.2, 0.25) is 0 Å². The third-order valence-electron chi connectivity index (χ3n) is 7.48. The molecule has 1 fully saturated rings. The average molecular weight is 598 g/mol. The largest absolute Gasteiger partial charge is 0.493 e. The summed E-state index contributed by atoms with van der Waals surface area (Å²) in [5.41, 5.74) is 5.47. The van der Waals surface area contributed by atoms with Crippen molar-refractivity contribution in [2.75, 3.05) is 39.5 Å². The van der Waals surface area contributed by atoms with E-state index in [2.05, 4.69) is 30.0 Å². The van der Waals surface area contributed by atoms with Crippen LogP contribution < -0.4 is 18.9 Å². The Balaban J connectivity index is 0.00000129. The summed E-state index contributed by atoms with van der Waals surface area (Å²) < 4.78 is 23.9. The maximum atomic E-state index is 9.49. The van der Waals surface area contributed by atoms with Gasteiger partial charge in [-0.2, -0.15) is 0 Å². The smallest absolute Gasteiger partial charge is 0.290 e. The molecule has 0 spiro atoms. The van der Waals surface area contributed by atoms with Crippen LogP contribution in [0.15, 0.2) is 48.5 Å². The van der Waals surface area contributed by atoms with E-state index >= 15 is 0 Å². The van der Waals surface area contributed by atoms with Crippen LogP contribution in [-0.4, -0.2) is 61.1 Å². The van der Waals surface area contributed by atoms with E-state index in [1.807, 2.05) is 37.3 Å². The second kappa shape index (κ2) is 15.7. The Hall–Kier alpha value is -3.46. The quantitative estimate of drug-likeness (QED) is 0.261. The molecule has 8 nitrogen and oxygen atoms in total. The molecule has 226 valence electrons. The van der Waals surface area contributed by atoms with E-state index in [-0.39, 0.29) is 19.0 Å². The molecule has 1 atom stereocenters. The van der Waals surface area contributed by atoms with Crippen molar-refractivity contribution >= 4 is 18.1 Å². The van der Waals surface area contributed by atoms with Gasteiger partial charge in [-0.1, -0.05) is 49.2 Å². The van der Waals surface area contributed by atoms with Gasteiger partial charge in [0.1, 0.15) is 31.3 Å². The lowest BCUT2D eigenvalue weighted by Crippen LogP contribution is -2.29. The normalized spacial score (nSPS) is 15.2. The van der Waals surface area contributed by atoms with Crippen molar-refractivity contribution in [3.63, 3.8) is 0 Å². The van der Waals surface area contributed by atoms with Crippen molar-refractivity contribution in [2.45, 2.75) is 46.3 Å². The molecule has 0 aliphatic carbocycles. The summed E-state index contributed by atoms with van der Waals surface area (Å²) in [4.78, 5) is 10.8. The molecule has 5 rings (SSSR count). The molecule has 42 heavy (non-hydrogen) atoms. The molecular weight excluding hydrogens is 558 g/mol. The fourth-order valence-corrected chi connectivity index (χ4v) is 5.35. The van der Waals surface area contributed by atoms with Crippen molar-refractivity contribution < 1.29 is 34.0 Å². The summed E-state index contributed by atoms with van der Waals surface area (Å²) in [5, 5.41) is 17.0. The Kier molecular flexibility index (Phi) is 11.7. The minimum Gasteiger partial charge on any atom is -0.493 e. The van der Waals surface area contributed by atoms with Crippen molar-refractivity contribution in [3.05, 3.63) is 70.2 Å². The number of fused-ring (bicyclic) bond motifs is 1. The van der Waals surface area contributed by atoms with Crippen LogP contribution in [0.5, 0.6) is 23.0 Å². The highest BCUT2D eigenvalue weighted by molar-refractivity contribution is 6.32. The zero-order valence-electron chi connectivity index (χ0n) is 24.3. The summed E-state index contributed by atoms with van der Waals surface area (Å²) in [6, 6.07) is 16.2. The molecule has 2 heterocycles. The number of benzene rings is 3. The van der Waals surface area contributed by atoms with Gasteiger partial charge in [0, 0.05) is 30.7 Å². The highest BCUT2D eigenvalue weighted by atomic mass is 35.5. The number of ether oxygens (including phenoxy) is 4. The van der Waals surface area contributed by atoms with Gasteiger partial charge < -0.3 is 29.2 Å². The van der Waals surface area contributed by atoms with Crippen LogP contribution in [0.1, 0.15) is 42.9 Å². The second-order valence-corrected chi connectivity index (χ2v) is 11.1. The maximum absolute atomic E-state index is 9.49. The Morgan fingerprint density at radius 1 is 0.976 bits per heavy atom. The zero-order chi connectivity index (χ0) is 29.9. The van der Waals surface area contributed by atoms with E-state index in [4.69, 9.17) is 40.4 Å². The molecule has 2 N–H and O–H groups in total. The number of carboxylic acid groups (broad SMARTS) is 1. The predicted molar refractivity (Wildman–Crippen MR) is 163 cm³/mol. The van der Waals surface area contributed by atoms with Crippen molar-refractivity contribution in [2.24, 2.45) is 5.92 Å². The lowest BCUT2D eigenvalue weighted by atomic mass is 9.96. The lowest BCUT2D eigenvalue weighted by Gasteiger charge is -2.27. The number of halogens is 1. The van der Waals surface area contributed by atoms with Gasteiger partial charge in [0.05, 0.1) is 11.6 Å². The number of piperidine rings is 1. The first-order valence-electron chi connectivity index (χ1n) is 14.4. The fraction of sp³-hybridized carbons (Fsp3) is 0.424. The topological polar surface area (TPSA) is 97.7 Å². The highest BCUT2D eigenvalue weighted by Gasteiger charge is 2.18. The average Bonchev–Trinajstić information content (AvgIpc) is 3.01. The van der Waals surface area contributed by atoms with Crippen LogP contribution in [0, 0.1) is 12.8 Å². The maximum Gasteiger partial charge on any atom is 0.290 e. The van der Waals surface area contributed by atoms with Crippen LogP contribution in [-0.2, 0) is 17.9 Å². The minimum atomic E-state index is -0.250. The minimum absolute atomic E-state index is 0.0406. The molecule has 9 heteroatoms. The van der Waals surface area contributed by atoms with Crippen LogP contribution in [0.3, 0.4) is 0 Å². The molecule has 1 saturated heterocycles. The molecular formula is C33H40ClNO7. The first-order valence-corrected chi connectivity index (χ1v) is 14.8. The second-order valence-electron chi connectivity index (χ2n) is 10.7. The number of aliphatic hydroxyl groups is 1. The van der Waals surface area contributed by atoms with Crippen LogP contribution in [0.2, 0.25) is 5.02 Å². The molecule has 0 radical (unpaired) electrons. The summed E-state index contributed by atoms with van der Waals surface area (Å²) in [6.07, 6.45) is 3.73. The van der Waals surface area contributed by atoms with Gasteiger partial charge in [-0.25, -0.2) is 0 Å². The Morgan fingerprint density at radius 2 is 1.71 bits per heavy atom. The number of aliphatic hydroxyl groups excluding tert-OH is 1. The van der Waals surface area contributed by atoms with Gasteiger partial charge in [-0.05, 0) is 73.3 Å². The standard InChI is InChI=1S/C32H38ClNO5.CH2O2/c1-22(19-35)20-38-30-17-31(28(33)15-26(30)18-34-11-4-3-5-12-34)39-21-25-7-6-8-27(23(25)2)24-9-10-29-32(16-24)37-14-13-36-29;2-1-3/h6-10,15-17,22,35H,3-5,11-14,18-21H2,1-2H3;1H,(H,2,3). The molecule has 0 amide bonds. The molecule has 1 unspecified atom stereocenters. The number of rotatable bonds is 10. The van der Waals surface area contributed by atoms with Crippen LogP contribution in [0.4, 0.5) is 0 Å². The SMILES string of the molecule is Cc1c(COc2cc(OCC(C)CO)c(CN3CCCCC3)cc2Cl)cccc1-c1ccc2c(c1)OCCO2.O=CO. The summed E-state index contributed by atoms with van der Waals surface area (Å²) >= 11 is 6.74. The molecule has 0 bridgehead atoms. The number of hydrogen-bond donors (Lipinski definition) is 2. The molecule has 2 aliphatic heterocycles. The summed E-state index contributed by atoms with van der Waals surface area (Å²) in [7, 11) is 0. The Morgan fingerprint density at radius 3 is 2.45 bits per heavy atom. The third-order valence-corrected chi connectivity index (χ3v) is 7.77. The summed E-state index contributed by atoms with van der Waals surface area (Å²) in [6.45, 7) is 8.82. The monoisotopic (exact) mass is 597 g/mol.